The van der Waals surface area contributed by atoms with Gasteiger partial charge in [-0.3, -0.25) is 19.4 Å². The predicted octanol–water partition coefficient (Wildman–Crippen LogP) is 3.41. The van der Waals surface area contributed by atoms with Gasteiger partial charge in [0.1, 0.15) is 17.5 Å². The number of nitrogens with zero attached hydrogens (tertiary/aromatic N) is 1. The molecule has 3 aromatic carbocycles. The fraction of sp³-hybridized carbons (Fsp3) is 0.235. The topological polar surface area (TPSA) is 149 Å². The van der Waals surface area contributed by atoms with Crippen LogP contribution in [0.5, 0.6) is 5.75 Å². The Kier molecular flexibility index (Phi) is 11.0. The molecule has 9 nitrogen and oxygen atoms in total. The van der Waals surface area contributed by atoms with Crippen LogP contribution in [0.25, 0.3) is 0 Å². The van der Waals surface area contributed by atoms with Gasteiger partial charge in [-0.2, -0.15) is 0 Å². The molecule has 3 amide bonds. The van der Waals surface area contributed by atoms with E-state index in [2.05, 4.69) is 15.6 Å². The van der Waals surface area contributed by atoms with Crippen LogP contribution in [0.1, 0.15) is 51.1 Å². The maximum absolute atomic E-state index is 14.0. The molecule has 0 radical (unpaired) electrons. The molecule has 0 unspecified atom stereocenters. The molecule has 4 rings (SSSR count). The van der Waals surface area contributed by atoms with Crippen LogP contribution in [0.3, 0.4) is 0 Å². The van der Waals surface area contributed by atoms with Gasteiger partial charge >= 0.3 is 0 Å². The van der Waals surface area contributed by atoms with Crippen molar-refractivity contribution in [2.24, 2.45) is 11.5 Å². The number of amides is 3. The van der Waals surface area contributed by atoms with E-state index in [1.807, 2.05) is 85.8 Å². The van der Waals surface area contributed by atoms with Crippen molar-refractivity contribution in [1.29, 1.82) is 0 Å². The van der Waals surface area contributed by atoms with Gasteiger partial charge in [-0.05, 0) is 59.4 Å². The van der Waals surface area contributed by atoms with Crippen molar-refractivity contribution in [3.05, 3.63) is 131 Å². The molecule has 6 N–H and O–H groups in total. The van der Waals surface area contributed by atoms with Gasteiger partial charge in [0.25, 0.3) is 5.91 Å². The Hall–Kier alpha value is -5.02. The SMILES string of the molecule is CCOc1ccc(C[C@@H](C(=O)N[C@@H](Cc2ccccc2)C(=O)NCc2ccc(CN)cc2)c2cccnc2C(N)=O)cc1. The van der Waals surface area contributed by atoms with Gasteiger partial charge in [-0.1, -0.05) is 72.8 Å². The number of carbonyl (C=O) groups is 3. The summed E-state index contributed by atoms with van der Waals surface area (Å²) in [6.07, 6.45) is 1.98. The van der Waals surface area contributed by atoms with E-state index >= 15 is 0 Å². The Labute approximate surface area is 251 Å². The van der Waals surface area contributed by atoms with Crippen molar-refractivity contribution in [2.75, 3.05) is 6.61 Å². The van der Waals surface area contributed by atoms with E-state index in [-0.39, 0.29) is 31.0 Å². The quantitative estimate of drug-likeness (QED) is 0.180. The summed E-state index contributed by atoms with van der Waals surface area (Å²) >= 11 is 0. The van der Waals surface area contributed by atoms with Crippen LogP contribution in [0.15, 0.2) is 97.2 Å². The average molecular weight is 580 g/mol. The third-order valence-electron chi connectivity index (χ3n) is 7.08. The zero-order valence-electron chi connectivity index (χ0n) is 24.2. The molecule has 2 atom stereocenters. The highest BCUT2D eigenvalue weighted by Crippen LogP contribution is 2.25. The van der Waals surface area contributed by atoms with E-state index < -0.39 is 23.8 Å². The van der Waals surface area contributed by atoms with Crippen LogP contribution in [0.2, 0.25) is 0 Å². The number of hydrogen-bond donors (Lipinski definition) is 4. The summed E-state index contributed by atoms with van der Waals surface area (Å²) < 4.78 is 5.55. The van der Waals surface area contributed by atoms with Gasteiger partial charge in [0.15, 0.2) is 0 Å². The smallest absolute Gasteiger partial charge is 0.267 e. The Morgan fingerprint density at radius 1 is 0.791 bits per heavy atom. The van der Waals surface area contributed by atoms with Crippen LogP contribution in [-0.2, 0) is 35.5 Å². The number of nitrogens with one attached hydrogen (secondary N) is 2. The van der Waals surface area contributed by atoms with Crippen molar-refractivity contribution in [3.8, 4) is 5.75 Å². The summed E-state index contributed by atoms with van der Waals surface area (Å²) in [5, 5.41) is 5.92. The summed E-state index contributed by atoms with van der Waals surface area (Å²) in [6.45, 7) is 3.16. The van der Waals surface area contributed by atoms with Crippen molar-refractivity contribution in [2.45, 2.75) is 44.8 Å². The molecule has 0 fully saturated rings. The van der Waals surface area contributed by atoms with Crippen LogP contribution in [0, 0.1) is 0 Å². The van der Waals surface area contributed by atoms with E-state index in [0.717, 1.165) is 22.3 Å². The summed E-state index contributed by atoms with van der Waals surface area (Å²) in [5.41, 5.74) is 15.4. The normalized spacial score (nSPS) is 12.1. The van der Waals surface area contributed by atoms with Crippen LogP contribution >= 0.6 is 0 Å². The monoisotopic (exact) mass is 579 g/mol. The van der Waals surface area contributed by atoms with Gasteiger partial charge < -0.3 is 26.8 Å². The number of benzene rings is 3. The molecule has 0 aliphatic heterocycles. The van der Waals surface area contributed by atoms with Gasteiger partial charge in [-0.15, -0.1) is 0 Å². The van der Waals surface area contributed by atoms with E-state index in [9.17, 15) is 14.4 Å². The minimum atomic E-state index is -0.880. The first-order valence-electron chi connectivity index (χ1n) is 14.2. The summed E-state index contributed by atoms with van der Waals surface area (Å²) in [4.78, 5) is 44.0. The summed E-state index contributed by atoms with van der Waals surface area (Å²) in [6, 6.07) is 27.0. The second-order valence-electron chi connectivity index (χ2n) is 10.1. The molecule has 4 aromatic rings. The second-order valence-corrected chi connectivity index (χ2v) is 10.1. The minimum absolute atomic E-state index is 0.0126. The van der Waals surface area contributed by atoms with Gasteiger partial charge in [0.05, 0.1) is 12.5 Å². The van der Waals surface area contributed by atoms with Crippen molar-refractivity contribution in [3.63, 3.8) is 0 Å². The Morgan fingerprint density at radius 3 is 2.09 bits per heavy atom. The van der Waals surface area contributed by atoms with Crippen LogP contribution in [0.4, 0.5) is 0 Å². The first kappa shape index (κ1) is 30.9. The third-order valence-corrected chi connectivity index (χ3v) is 7.08. The molecular weight excluding hydrogens is 542 g/mol. The minimum Gasteiger partial charge on any atom is -0.494 e. The number of pyridine rings is 1. The predicted molar refractivity (Wildman–Crippen MR) is 165 cm³/mol. The molecule has 222 valence electrons. The lowest BCUT2D eigenvalue weighted by Crippen LogP contribution is -2.49. The van der Waals surface area contributed by atoms with Gasteiger partial charge in [-0.25, -0.2) is 0 Å². The highest BCUT2D eigenvalue weighted by molar-refractivity contribution is 5.96. The largest absolute Gasteiger partial charge is 0.494 e. The lowest BCUT2D eigenvalue weighted by molar-refractivity contribution is -0.129. The van der Waals surface area contributed by atoms with Crippen molar-refractivity contribution >= 4 is 17.7 Å². The summed E-state index contributed by atoms with van der Waals surface area (Å²) in [7, 11) is 0. The Bertz CT molecular complexity index is 1510. The molecule has 0 saturated heterocycles. The first-order chi connectivity index (χ1) is 20.9. The molecule has 1 heterocycles. The zero-order valence-corrected chi connectivity index (χ0v) is 24.2. The number of nitrogens with two attached hydrogens (primary N) is 2. The molecular formula is C34H37N5O4. The molecule has 43 heavy (non-hydrogen) atoms. The molecule has 0 saturated carbocycles. The Morgan fingerprint density at radius 2 is 1.44 bits per heavy atom. The number of aromatic nitrogens is 1. The zero-order chi connectivity index (χ0) is 30.6. The van der Waals surface area contributed by atoms with E-state index in [1.165, 1.54) is 6.20 Å². The van der Waals surface area contributed by atoms with Crippen molar-refractivity contribution < 1.29 is 19.1 Å². The number of carbonyl (C=O) groups excluding carboxylic acids is 3. The maximum atomic E-state index is 14.0. The van der Waals surface area contributed by atoms with E-state index in [1.54, 1.807) is 12.1 Å². The third kappa shape index (κ3) is 8.73. The van der Waals surface area contributed by atoms with Crippen molar-refractivity contribution in [1.82, 2.24) is 15.6 Å². The lowest BCUT2D eigenvalue weighted by Gasteiger charge is -2.24. The molecule has 0 bridgehead atoms. The fourth-order valence-electron chi connectivity index (χ4n) is 4.81. The Balaban J connectivity index is 1.60. The molecule has 1 aromatic heterocycles. The van der Waals surface area contributed by atoms with Crippen LogP contribution in [-0.4, -0.2) is 35.4 Å². The lowest BCUT2D eigenvalue weighted by atomic mass is 9.89. The van der Waals surface area contributed by atoms with E-state index in [4.69, 9.17) is 16.2 Å². The average Bonchev–Trinajstić information content (AvgIpc) is 3.03. The highest BCUT2D eigenvalue weighted by Gasteiger charge is 2.30. The number of rotatable bonds is 14. The summed E-state index contributed by atoms with van der Waals surface area (Å²) in [5.74, 6) is -1.62. The van der Waals surface area contributed by atoms with Gasteiger partial charge in [0, 0.05) is 25.7 Å². The van der Waals surface area contributed by atoms with Crippen LogP contribution < -0.4 is 26.8 Å². The highest BCUT2D eigenvalue weighted by atomic mass is 16.5. The number of ether oxygens (including phenoxy) is 1. The molecule has 0 aliphatic rings. The van der Waals surface area contributed by atoms with E-state index in [0.29, 0.717) is 24.5 Å². The first-order valence-corrected chi connectivity index (χ1v) is 14.2. The maximum Gasteiger partial charge on any atom is 0.267 e. The molecule has 0 spiro atoms. The molecule has 0 aliphatic carbocycles. The second kappa shape index (κ2) is 15.3. The number of hydrogen-bond acceptors (Lipinski definition) is 6. The standard InChI is InChI=1S/C34H37N5O4/c1-2-43-27-16-14-24(15-17-27)19-29(28-9-6-18-37-31(28)32(36)40)33(41)39-30(20-23-7-4-3-5-8-23)34(42)38-22-26-12-10-25(21-35)11-13-26/h3-18,29-30H,2,19-22,35H2,1H3,(H2,36,40)(H,38,42)(H,39,41)/t29-,30+/m1/s1. The molecule has 9 heteroatoms. The number of primary amides is 1. The van der Waals surface area contributed by atoms with Gasteiger partial charge in [0.2, 0.25) is 11.8 Å². The fourth-order valence-corrected chi connectivity index (χ4v) is 4.81.